The number of hydrogen-bond acceptors (Lipinski definition) is 4. The van der Waals surface area contributed by atoms with Crippen LogP contribution in [0.4, 0.5) is 5.69 Å². The monoisotopic (exact) mass is 312 g/mol. The van der Waals surface area contributed by atoms with E-state index < -0.39 is 0 Å². The first kappa shape index (κ1) is 16.6. The lowest BCUT2D eigenvalue weighted by Crippen LogP contribution is -2.50. The Morgan fingerprint density at radius 3 is 2.90 bits per heavy atom. The van der Waals surface area contributed by atoms with Crippen molar-refractivity contribution in [2.24, 2.45) is 0 Å². The molecule has 0 aliphatic carbocycles. The number of nitrogens with zero attached hydrogens (tertiary/aromatic N) is 1. The topological polar surface area (TPSA) is 44.7 Å². The minimum Gasteiger partial charge on any atom is -0.394 e. The maximum absolute atomic E-state index is 9.35. The van der Waals surface area contributed by atoms with E-state index in [2.05, 4.69) is 37.1 Å². The van der Waals surface area contributed by atoms with Gasteiger partial charge in [-0.15, -0.1) is 0 Å². The highest BCUT2D eigenvalue weighted by molar-refractivity contribution is 6.30. The van der Waals surface area contributed by atoms with E-state index in [0.717, 1.165) is 17.3 Å². The fraction of sp³-hybridized carbons (Fsp3) is 0.625. The molecule has 118 valence electrons. The number of nitrogens with one attached hydrogen (secondary N) is 1. The number of ether oxygens (including phenoxy) is 1. The number of rotatable bonds is 5. The maximum Gasteiger partial charge on any atom is 0.0981 e. The normalized spacial score (nSPS) is 22.9. The van der Waals surface area contributed by atoms with Gasteiger partial charge in [-0.2, -0.15) is 0 Å². The molecule has 2 unspecified atom stereocenters. The standard InChI is InChI=1S/C16H25ClN2O2/c1-11(2)18-7-13-4-5-14(17)6-16(13)19-8-15(9-20)21-10-12(19)3/h4-6,11-12,15,18,20H,7-10H2,1-3H3. The van der Waals surface area contributed by atoms with Gasteiger partial charge in [0.15, 0.2) is 0 Å². The van der Waals surface area contributed by atoms with Gasteiger partial charge in [-0.05, 0) is 24.6 Å². The Hall–Kier alpha value is -0.810. The van der Waals surface area contributed by atoms with Gasteiger partial charge in [-0.1, -0.05) is 31.5 Å². The highest BCUT2D eigenvalue weighted by Gasteiger charge is 2.27. The third-order valence-corrected chi connectivity index (χ3v) is 4.00. The van der Waals surface area contributed by atoms with Crippen LogP contribution in [0.3, 0.4) is 0 Å². The van der Waals surface area contributed by atoms with Crippen molar-refractivity contribution < 1.29 is 9.84 Å². The SMILES string of the molecule is CC(C)NCc1ccc(Cl)cc1N1CC(CO)OCC1C. The summed E-state index contributed by atoms with van der Waals surface area (Å²) in [5.74, 6) is 0. The number of benzene rings is 1. The lowest BCUT2D eigenvalue weighted by atomic mass is 10.1. The Labute approximate surface area is 132 Å². The summed E-state index contributed by atoms with van der Waals surface area (Å²) in [4.78, 5) is 2.29. The van der Waals surface area contributed by atoms with Crippen LogP contribution in [0.5, 0.6) is 0 Å². The lowest BCUT2D eigenvalue weighted by molar-refractivity contribution is -0.0103. The Balaban J connectivity index is 2.24. The molecule has 1 aromatic rings. The molecule has 2 N–H and O–H groups in total. The van der Waals surface area contributed by atoms with Crippen molar-refractivity contribution in [3.05, 3.63) is 28.8 Å². The fourth-order valence-electron chi connectivity index (χ4n) is 2.53. The van der Waals surface area contributed by atoms with Gasteiger partial charge in [-0.3, -0.25) is 0 Å². The Bertz CT molecular complexity index is 468. The number of aliphatic hydroxyl groups excluding tert-OH is 1. The van der Waals surface area contributed by atoms with Crippen LogP contribution in [0.25, 0.3) is 0 Å². The zero-order chi connectivity index (χ0) is 15.4. The van der Waals surface area contributed by atoms with E-state index in [0.29, 0.717) is 19.2 Å². The van der Waals surface area contributed by atoms with Gasteiger partial charge >= 0.3 is 0 Å². The molecule has 21 heavy (non-hydrogen) atoms. The number of hydrogen-bond donors (Lipinski definition) is 2. The molecule has 5 heteroatoms. The van der Waals surface area contributed by atoms with Crippen molar-refractivity contribution in [2.45, 2.75) is 45.5 Å². The molecule has 2 rings (SSSR count). The second kappa shape index (κ2) is 7.45. The van der Waals surface area contributed by atoms with Gasteiger partial charge in [0.25, 0.3) is 0 Å². The summed E-state index contributed by atoms with van der Waals surface area (Å²) in [6.07, 6.45) is -0.133. The molecule has 4 nitrogen and oxygen atoms in total. The molecule has 0 spiro atoms. The van der Waals surface area contributed by atoms with Gasteiger partial charge in [0, 0.05) is 35.9 Å². The molecule has 0 radical (unpaired) electrons. The van der Waals surface area contributed by atoms with Crippen LogP contribution < -0.4 is 10.2 Å². The van der Waals surface area contributed by atoms with Crippen LogP contribution in [0.1, 0.15) is 26.3 Å². The Morgan fingerprint density at radius 1 is 1.48 bits per heavy atom. The number of aliphatic hydroxyl groups is 1. The summed E-state index contributed by atoms with van der Waals surface area (Å²) in [5, 5.41) is 13.5. The van der Waals surface area contributed by atoms with Crippen molar-refractivity contribution in [3.63, 3.8) is 0 Å². The van der Waals surface area contributed by atoms with Crippen LogP contribution in [-0.4, -0.2) is 43.1 Å². The van der Waals surface area contributed by atoms with Crippen LogP contribution in [-0.2, 0) is 11.3 Å². The molecule has 1 aliphatic heterocycles. The molecular weight excluding hydrogens is 288 g/mol. The Morgan fingerprint density at radius 2 is 2.24 bits per heavy atom. The molecule has 1 saturated heterocycles. The van der Waals surface area contributed by atoms with Crippen molar-refractivity contribution in [2.75, 3.05) is 24.7 Å². The van der Waals surface area contributed by atoms with Crippen molar-refractivity contribution in [1.29, 1.82) is 0 Å². The van der Waals surface area contributed by atoms with E-state index in [9.17, 15) is 5.11 Å². The molecule has 0 saturated carbocycles. The van der Waals surface area contributed by atoms with Crippen molar-refractivity contribution in [1.82, 2.24) is 5.32 Å². The fourth-order valence-corrected chi connectivity index (χ4v) is 2.70. The zero-order valence-electron chi connectivity index (χ0n) is 13.0. The highest BCUT2D eigenvalue weighted by Crippen LogP contribution is 2.29. The average Bonchev–Trinajstić information content (AvgIpc) is 2.46. The van der Waals surface area contributed by atoms with Gasteiger partial charge in [0.1, 0.15) is 0 Å². The van der Waals surface area contributed by atoms with E-state index in [1.165, 1.54) is 5.56 Å². The molecule has 1 aromatic carbocycles. The van der Waals surface area contributed by atoms with Crippen molar-refractivity contribution in [3.8, 4) is 0 Å². The minimum absolute atomic E-state index is 0.0450. The smallest absolute Gasteiger partial charge is 0.0981 e. The summed E-state index contributed by atoms with van der Waals surface area (Å²) >= 11 is 6.19. The third-order valence-electron chi connectivity index (χ3n) is 3.77. The van der Waals surface area contributed by atoms with E-state index in [1.54, 1.807) is 0 Å². The minimum atomic E-state index is -0.133. The first-order chi connectivity index (χ1) is 10.0. The van der Waals surface area contributed by atoms with E-state index in [1.807, 2.05) is 12.1 Å². The predicted octanol–water partition coefficient (Wildman–Crippen LogP) is 2.42. The summed E-state index contributed by atoms with van der Waals surface area (Å²) < 4.78 is 5.62. The Kier molecular flexibility index (Phi) is 5.88. The first-order valence-corrected chi connectivity index (χ1v) is 7.90. The van der Waals surface area contributed by atoms with E-state index in [4.69, 9.17) is 16.3 Å². The van der Waals surface area contributed by atoms with Crippen LogP contribution in [0, 0.1) is 0 Å². The van der Waals surface area contributed by atoms with Crippen molar-refractivity contribution >= 4 is 17.3 Å². The van der Waals surface area contributed by atoms with Gasteiger partial charge in [-0.25, -0.2) is 0 Å². The molecule has 0 amide bonds. The quantitative estimate of drug-likeness (QED) is 0.876. The number of anilines is 1. The highest BCUT2D eigenvalue weighted by atomic mass is 35.5. The largest absolute Gasteiger partial charge is 0.394 e. The van der Waals surface area contributed by atoms with Gasteiger partial charge in [0.05, 0.1) is 19.3 Å². The summed E-state index contributed by atoms with van der Waals surface area (Å²) in [6.45, 7) is 8.56. The second-order valence-corrected chi connectivity index (χ2v) is 6.38. The van der Waals surface area contributed by atoms with Gasteiger partial charge in [0.2, 0.25) is 0 Å². The second-order valence-electron chi connectivity index (χ2n) is 5.95. The molecule has 1 heterocycles. The summed E-state index contributed by atoms with van der Waals surface area (Å²) in [6, 6.07) is 6.71. The molecule has 0 aromatic heterocycles. The maximum atomic E-state index is 9.35. The number of halogens is 1. The van der Waals surface area contributed by atoms with Gasteiger partial charge < -0.3 is 20.1 Å². The van der Waals surface area contributed by atoms with E-state index >= 15 is 0 Å². The molecule has 2 atom stereocenters. The lowest BCUT2D eigenvalue weighted by Gasteiger charge is -2.40. The van der Waals surface area contributed by atoms with Crippen LogP contribution >= 0.6 is 11.6 Å². The van der Waals surface area contributed by atoms with E-state index in [-0.39, 0.29) is 18.8 Å². The molecule has 1 aliphatic rings. The van der Waals surface area contributed by atoms with Crippen LogP contribution in [0.2, 0.25) is 5.02 Å². The number of morpholine rings is 1. The average molecular weight is 313 g/mol. The van der Waals surface area contributed by atoms with Crippen LogP contribution in [0.15, 0.2) is 18.2 Å². The molecule has 0 bridgehead atoms. The molecule has 1 fully saturated rings. The molecular formula is C16H25ClN2O2. The third kappa shape index (κ3) is 4.33. The first-order valence-electron chi connectivity index (χ1n) is 7.52. The summed E-state index contributed by atoms with van der Waals surface area (Å²) in [7, 11) is 0. The predicted molar refractivity (Wildman–Crippen MR) is 87.1 cm³/mol. The zero-order valence-corrected chi connectivity index (χ0v) is 13.7. The summed E-state index contributed by atoms with van der Waals surface area (Å²) in [5.41, 5.74) is 2.35.